The smallest absolute Gasteiger partial charge is 0.191 e. The van der Waals surface area contributed by atoms with Crippen LogP contribution in [0.2, 0.25) is 0 Å². The second kappa shape index (κ2) is 14.0. The highest BCUT2D eigenvalue weighted by Crippen LogP contribution is 2.28. The van der Waals surface area contributed by atoms with Gasteiger partial charge in [-0.05, 0) is 56.7 Å². The minimum absolute atomic E-state index is 0. The lowest BCUT2D eigenvalue weighted by Gasteiger charge is -2.34. The monoisotopic (exact) mass is 546 g/mol. The Labute approximate surface area is 204 Å². The first-order valence-electron chi connectivity index (χ1n) is 11.4. The van der Waals surface area contributed by atoms with Crippen molar-refractivity contribution < 1.29 is 14.2 Å². The Hall–Kier alpha value is -1.26. The summed E-state index contributed by atoms with van der Waals surface area (Å²) < 4.78 is 16.6. The van der Waals surface area contributed by atoms with E-state index in [-0.39, 0.29) is 24.0 Å². The molecule has 31 heavy (non-hydrogen) atoms. The minimum Gasteiger partial charge on any atom is -0.493 e. The summed E-state index contributed by atoms with van der Waals surface area (Å²) >= 11 is 0. The van der Waals surface area contributed by atoms with Crippen LogP contribution in [0.1, 0.15) is 38.7 Å². The van der Waals surface area contributed by atoms with Gasteiger partial charge in [-0.15, -0.1) is 24.0 Å². The summed E-state index contributed by atoms with van der Waals surface area (Å²) in [6, 6.07) is 6.47. The standard InChI is InChI=1S/C23H38N4O3.HI/c1-4-24-23(25-15-18-6-7-21(28-3)22(14-18)30-5-2)26-20-8-11-27(12-9-20)16-19-10-13-29-17-19;/h6-7,14,19-20H,4-5,8-13,15-17H2,1-3H3,(H2,24,25,26);1H. The molecule has 1 unspecified atom stereocenters. The SMILES string of the molecule is CCNC(=NCc1ccc(OC)c(OCC)c1)NC1CCN(CC2CCOC2)CC1.I. The van der Waals surface area contributed by atoms with Crippen molar-refractivity contribution in [3.63, 3.8) is 0 Å². The molecule has 3 rings (SSSR count). The maximum atomic E-state index is 5.68. The number of benzene rings is 1. The summed E-state index contributed by atoms with van der Waals surface area (Å²) in [6.45, 7) is 11.5. The number of likely N-dealkylation sites (tertiary alicyclic amines) is 1. The predicted octanol–water partition coefficient (Wildman–Crippen LogP) is 3.27. The number of nitrogens with zero attached hydrogens (tertiary/aromatic N) is 2. The molecule has 2 heterocycles. The number of piperidine rings is 1. The Kier molecular flexibility index (Phi) is 11.7. The van der Waals surface area contributed by atoms with Gasteiger partial charge in [0.15, 0.2) is 17.5 Å². The lowest BCUT2D eigenvalue weighted by atomic mass is 10.0. The van der Waals surface area contributed by atoms with E-state index in [1.807, 2.05) is 25.1 Å². The molecule has 176 valence electrons. The number of rotatable bonds is 9. The quantitative estimate of drug-likeness (QED) is 0.282. The van der Waals surface area contributed by atoms with E-state index < -0.39 is 0 Å². The number of aliphatic imine (C=N–C) groups is 1. The van der Waals surface area contributed by atoms with Gasteiger partial charge in [0.2, 0.25) is 0 Å². The van der Waals surface area contributed by atoms with Crippen LogP contribution in [0.4, 0.5) is 0 Å². The highest BCUT2D eigenvalue weighted by Gasteiger charge is 2.24. The number of nitrogens with one attached hydrogen (secondary N) is 2. The number of ether oxygens (including phenoxy) is 3. The van der Waals surface area contributed by atoms with Crippen LogP contribution in [-0.2, 0) is 11.3 Å². The first-order chi connectivity index (χ1) is 14.7. The van der Waals surface area contributed by atoms with Gasteiger partial charge in [-0.1, -0.05) is 6.07 Å². The summed E-state index contributed by atoms with van der Waals surface area (Å²) in [6.07, 6.45) is 3.51. The molecule has 2 N–H and O–H groups in total. The fraction of sp³-hybridized carbons (Fsp3) is 0.696. The Morgan fingerprint density at radius 1 is 1.19 bits per heavy atom. The Balaban J connectivity index is 0.00000341. The van der Waals surface area contributed by atoms with E-state index in [1.165, 1.54) is 13.0 Å². The summed E-state index contributed by atoms with van der Waals surface area (Å²) in [7, 11) is 1.66. The Morgan fingerprint density at radius 3 is 2.65 bits per heavy atom. The molecule has 0 amide bonds. The molecule has 0 spiro atoms. The predicted molar refractivity (Wildman–Crippen MR) is 136 cm³/mol. The third-order valence-corrected chi connectivity index (χ3v) is 5.76. The van der Waals surface area contributed by atoms with Gasteiger partial charge in [-0.3, -0.25) is 0 Å². The molecule has 0 aliphatic carbocycles. The van der Waals surface area contributed by atoms with Crippen molar-refractivity contribution in [1.29, 1.82) is 0 Å². The van der Waals surface area contributed by atoms with Crippen molar-refractivity contribution in [2.24, 2.45) is 10.9 Å². The van der Waals surface area contributed by atoms with Gasteiger partial charge in [0.05, 0.1) is 26.9 Å². The van der Waals surface area contributed by atoms with Gasteiger partial charge >= 0.3 is 0 Å². The molecule has 0 aromatic heterocycles. The minimum atomic E-state index is 0. The van der Waals surface area contributed by atoms with Crippen LogP contribution in [0.15, 0.2) is 23.2 Å². The van der Waals surface area contributed by atoms with Crippen LogP contribution in [-0.4, -0.2) is 70.0 Å². The van der Waals surface area contributed by atoms with Crippen molar-refractivity contribution in [3.05, 3.63) is 23.8 Å². The normalized spacial score (nSPS) is 20.2. The first kappa shape index (κ1) is 26.0. The average Bonchev–Trinajstić information content (AvgIpc) is 3.27. The highest BCUT2D eigenvalue weighted by atomic mass is 127. The molecule has 1 aromatic rings. The zero-order valence-corrected chi connectivity index (χ0v) is 21.5. The van der Waals surface area contributed by atoms with Crippen LogP contribution >= 0.6 is 24.0 Å². The molecule has 8 heteroatoms. The molecular weight excluding hydrogens is 507 g/mol. The van der Waals surface area contributed by atoms with Gasteiger partial charge in [-0.25, -0.2) is 4.99 Å². The molecule has 2 aliphatic rings. The van der Waals surface area contributed by atoms with Crippen LogP contribution in [0, 0.1) is 5.92 Å². The van der Waals surface area contributed by atoms with E-state index in [9.17, 15) is 0 Å². The first-order valence-corrected chi connectivity index (χ1v) is 11.4. The molecule has 2 aliphatic heterocycles. The van der Waals surface area contributed by atoms with E-state index >= 15 is 0 Å². The lowest BCUT2D eigenvalue weighted by molar-refractivity contribution is 0.150. The molecule has 0 saturated carbocycles. The number of halogens is 1. The topological polar surface area (TPSA) is 67.4 Å². The van der Waals surface area contributed by atoms with Crippen molar-refractivity contribution in [3.8, 4) is 11.5 Å². The Bertz CT molecular complexity index is 675. The largest absolute Gasteiger partial charge is 0.493 e. The van der Waals surface area contributed by atoms with Gasteiger partial charge in [0, 0.05) is 38.8 Å². The zero-order valence-electron chi connectivity index (χ0n) is 19.2. The van der Waals surface area contributed by atoms with Crippen molar-refractivity contribution in [2.45, 2.75) is 45.7 Å². The van der Waals surface area contributed by atoms with Crippen molar-refractivity contribution >= 4 is 29.9 Å². The van der Waals surface area contributed by atoms with Crippen LogP contribution in [0.5, 0.6) is 11.5 Å². The van der Waals surface area contributed by atoms with Gasteiger partial charge < -0.3 is 29.7 Å². The summed E-state index contributed by atoms with van der Waals surface area (Å²) in [5.74, 6) is 3.13. The van der Waals surface area contributed by atoms with Crippen molar-refractivity contribution in [2.75, 3.05) is 53.1 Å². The number of hydrogen-bond donors (Lipinski definition) is 2. The molecule has 2 fully saturated rings. The Morgan fingerprint density at radius 2 is 2.00 bits per heavy atom. The number of guanidine groups is 1. The van der Waals surface area contributed by atoms with E-state index in [4.69, 9.17) is 19.2 Å². The molecule has 0 radical (unpaired) electrons. The maximum Gasteiger partial charge on any atom is 0.191 e. The second-order valence-corrected chi connectivity index (χ2v) is 8.06. The highest BCUT2D eigenvalue weighted by molar-refractivity contribution is 14.0. The maximum absolute atomic E-state index is 5.68. The fourth-order valence-electron chi connectivity index (χ4n) is 4.12. The van der Waals surface area contributed by atoms with Gasteiger partial charge in [-0.2, -0.15) is 0 Å². The van der Waals surface area contributed by atoms with Crippen LogP contribution in [0.25, 0.3) is 0 Å². The van der Waals surface area contributed by atoms with Gasteiger partial charge in [0.1, 0.15) is 0 Å². The molecule has 2 saturated heterocycles. The van der Waals surface area contributed by atoms with Crippen LogP contribution in [0.3, 0.4) is 0 Å². The second-order valence-electron chi connectivity index (χ2n) is 8.06. The molecule has 7 nitrogen and oxygen atoms in total. The molecular formula is C23H39IN4O3. The van der Waals surface area contributed by atoms with Crippen molar-refractivity contribution in [1.82, 2.24) is 15.5 Å². The van der Waals surface area contributed by atoms with E-state index in [0.29, 0.717) is 19.2 Å². The summed E-state index contributed by atoms with van der Waals surface area (Å²) in [5, 5.41) is 7.02. The van der Waals surface area contributed by atoms with E-state index in [1.54, 1.807) is 7.11 Å². The number of methoxy groups -OCH3 is 1. The fourth-order valence-corrected chi connectivity index (χ4v) is 4.12. The molecule has 1 aromatic carbocycles. The molecule has 0 bridgehead atoms. The van der Waals surface area contributed by atoms with Crippen LogP contribution < -0.4 is 20.1 Å². The third-order valence-electron chi connectivity index (χ3n) is 5.76. The summed E-state index contributed by atoms with van der Waals surface area (Å²) in [5.41, 5.74) is 1.10. The molecule has 1 atom stereocenters. The van der Waals surface area contributed by atoms with E-state index in [0.717, 1.165) is 74.6 Å². The zero-order chi connectivity index (χ0) is 21.2. The van der Waals surface area contributed by atoms with Gasteiger partial charge in [0.25, 0.3) is 0 Å². The number of hydrogen-bond acceptors (Lipinski definition) is 5. The van der Waals surface area contributed by atoms with E-state index in [2.05, 4.69) is 22.5 Å². The third kappa shape index (κ3) is 8.31. The average molecular weight is 546 g/mol. The summed E-state index contributed by atoms with van der Waals surface area (Å²) in [4.78, 5) is 7.40. The lowest BCUT2D eigenvalue weighted by Crippen LogP contribution is -2.49.